The van der Waals surface area contributed by atoms with Crippen LogP contribution in [0.5, 0.6) is 0 Å². The largest absolute Gasteiger partial charge is 0.459 e. The van der Waals surface area contributed by atoms with Gasteiger partial charge in [0, 0.05) is 6.61 Å². The molecule has 0 saturated carbocycles. The van der Waals surface area contributed by atoms with Crippen molar-refractivity contribution in [2.75, 3.05) is 19.8 Å². The van der Waals surface area contributed by atoms with Crippen LogP contribution >= 0.6 is 0 Å². The summed E-state index contributed by atoms with van der Waals surface area (Å²) in [5.74, 6) is -0.754. The van der Waals surface area contributed by atoms with Gasteiger partial charge in [-0.15, -0.1) is 0 Å². The molecule has 0 heterocycles. The summed E-state index contributed by atoms with van der Waals surface area (Å²) in [6.07, 6.45) is 0.860. The number of hydrogen-bond acceptors (Lipinski definition) is 4. The van der Waals surface area contributed by atoms with Gasteiger partial charge in [-0.3, -0.25) is 9.59 Å². The Morgan fingerprint density at radius 2 is 1.88 bits per heavy atom. The first-order valence-corrected chi connectivity index (χ1v) is 5.41. The van der Waals surface area contributed by atoms with Crippen molar-refractivity contribution in [3.63, 3.8) is 0 Å². The Hall–Kier alpha value is -1.10. The molecule has 1 N–H and O–H groups in total. The topological polar surface area (TPSA) is 64.6 Å². The molecule has 0 spiro atoms. The number of carbonyl (C=O) groups excluding carboxylic acids is 2. The van der Waals surface area contributed by atoms with E-state index >= 15 is 0 Å². The standard InChI is InChI=1S/C11H21NO4/c1-5-6-15-8-9(13)12-7-10(14)16-11(2,3)4/h5-8H2,1-4H3,(H,12,13). The molecule has 0 fully saturated rings. The maximum atomic E-state index is 11.2. The molecule has 0 aromatic heterocycles. The van der Waals surface area contributed by atoms with E-state index in [0.717, 1.165) is 6.42 Å². The Morgan fingerprint density at radius 1 is 1.25 bits per heavy atom. The first-order valence-electron chi connectivity index (χ1n) is 5.41. The van der Waals surface area contributed by atoms with Gasteiger partial charge in [-0.1, -0.05) is 6.92 Å². The van der Waals surface area contributed by atoms with Crippen LogP contribution in [0.2, 0.25) is 0 Å². The van der Waals surface area contributed by atoms with Crippen molar-refractivity contribution in [2.45, 2.75) is 39.7 Å². The lowest BCUT2D eigenvalue weighted by molar-refractivity contribution is -0.154. The molecule has 0 aliphatic rings. The van der Waals surface area contributed by atoms with Crippen LogP contribution in [0.4, 0.5) is 0 Å². The van der Waals surface area contributed by atoms with Crippen LogP contribution in [0.15, 0.2) is 0 Å². The number of nitrogens with one attached hydrogen (secondary N) is 1. The zero-order valence-electron chi connectivity index (χ0n) is 10.5. The van der Waals surface area contributed by atoms with E-state index in [2.05, 4.69) is 5.32 Å². The van der Waals surface area contributed by atoms with Crippen LogP contribution in [0.3, 0.4) is 0 Å². The van der Waals surface area contributed by atoms with E-state index in [1.807, 2.05) is 6.92 Å². The quantitative estimate of drug-likeness (QED) is 0.544. The van der Waals surface area contributed by atoms with Crippen molar-refractivity contribution in [2.24, 2.45) is 0 Å². The van der Waals surface area contributed by atoms with Gasteiger partial charge in [0.2, 0.25) is 5.91 Å². The van der Waals surface area contributed by atoms with Gasteiger partial charge in [0.1, 0.15) is 18.8 Å². The zero-order chi connectivity index (χ0) is 12.6. The van der Waals surface area contributed by atoms with E-state index in [1.54, 1.807) is 20.8 Å². The first kappa shape index (κ1) is 14.9. The number of ether oxygens (including phenoxy) is 2. The lowest BCUT2D eigenvalue weighted by atomic mass is 10.2. The Balaban J connectivity index is 3.63. The van der Waals surface area contributed by atoms with Crippen molar-refractivity contribution >= 4 is 11.9 Å². The lowest BCUT2D eigenvalue weighted by Crippen LogP contribution is -2.36. The summed E-state index contributed by atoms with van der Waals surface area (Å²) in [6, 6.07) is 0. The van der Waals surface area contributed by atoms with E-state index in [-0.39, 0.29) is 19.1 Å². The minimum Gasteiger partial charge on any atom is -0.459 e. The highest BCUT2D eigenvalue weighted by molar-refractivity contribution is 5.82. The maximum Gasteiger partial charge on any atom is 0.325 e. The van der Waals surface area contributed by atoms with Crippen molar-refractivity contribution in [3.05, 3.63) is 0 Å². The Labute approximate surface area is 96.5 Å². The van der Waals surface area contributed by atoms with Gasteiger partial charge < -0.3 is 14.8 Å². The molecule has 0 bridgehead atoms. The van der Waals surface area contributed by atoms with Gasteiger partial charge in [-0.25, -0.2) is 0 Å². The maximum absolute atomic E-state index is 11.2. The molecule has 0 aromatic carbocycles. The van der Waals surface area contributed by atoms with Crippen molar-refractivity contribution in [3.8, 4) is 0 Å². The Kier molecular flexibility index (Phi) is 6.72. The van der Waals surface area contributed by atoms with Crippen LogP contribution in [0.25, 0.3) is 0 Å². The number of hydrogen-bond donors (Lipinski definition) is 1. The number of carbonyl (C=O) groups is 2. The average Bonchev–Trinajstić information content (AvgIpc) is 2.12. The summed E-state index contributed by atoms with van der Waals surface area (Å²) in [4.78, 5) is 22.4. The van der Waals surface area contributed by atoms with Crippen LogP contribution in [0, 0.1) is 0 Å². The zero-order valence-corrected chi connectivity index (χ0v) is 10.5. The fraction of sp³-hybridized carbons (Fsp3) is 0.818. The average molecular weight is 231 g/mol. The molecule has 94 valence electrons. The summed E-state index contributed by atoms with van der Waals surface area (Å²) < 4.78 is 10.0. The van der Waals surface area contributed by atoms with E-state index < -0.39 is 11.6 Å². The molecule has 5 nitrogen and oxygen atoms in total. The molecule has 0 aliphatic heterocycles. The second-order valence-electron chi connectivity index (χ2n) is 4.42. The predicted octanol–water partition coefficient (Wildman–Crippen LogP) is 0.871. The summed E-state index contributed by atoms with van der Waals surface area (Å²) in [7, 11) is 0. The molecular weight excluding hydrogens is 210 g/mol. The monoisotopic (exact) mass is 231 g/mol. The highest BCUT2D eigenvalue weighted by atomic mass is 16.6. The molecular formula is C11H21NO4. The number of amides is 1. The Morgan fingerprint density at radius 3 is 2.38 bits per heavy atom. The van der Waals surface area contributed by atoms with Crippen LogP contribution in [-0.4, -0.2) is 37.2 Å². The van der Waals surface area contributed by atoms with E-state index in [4.69, 9.17) is 9.47 Å². The predicted molar refractivity (Wildman–Crippen MR) is 60.0 cm³/mol. The van der Waals surface area contributed by atoms with Crippen LogP contribution in [-0.2, 0) is 19.1 Å². The van der Waals surface area contributed by atoms with Crippen LogP contribution < -0.4 is 5.32 Å². The van der Waals surface area contributed by atoms with Gasteiger partial charge in [-0.05, 0) is 27.2 Å². The summed E-state index contributed by atoms with van der Waals surface area (Å²) in [6.45, 7) is 7.69. The summed E-state index contributed by atoms with van der Waals surface area (Å²) in [5, 5.41) is 2.43. The molecule has 0 aliphatic carbocycles. The molecule has 0 rings (SSSR count). The number of esters is 1. The number of rotatable bonds is 6. The van der Waals surface area contributed by atoms with Gasteiger partial charge in [0.05, 0.1) is 0 Å². The molecule has 0 saturated heterocycles. The second kappa shape index (κ2) is 7.22. The molecule has 16 heavy (non-hydrogen) atoms. The summed E-state index contributed by atoms with van der Waals surface area (Å²) in [5.41, 5.74) is -0.527. The smallest absolute Gasteiger partial charge is 0.325 e. The molecule has 0 atom stereocenters. The normalized spacial score (nSPS) is 11.0. The molecule has 0 aromatic rings. The van der Waals surface area contributed by atoms with E-state index in [9.17, 15) is 9.59 Å². The molecule has 0 radical (unpaired) electrons. The third-order valence-corrected chi connectivity index (χ3v) is 1.43. The summed E-state index contributed by atoms with van der Waals surface area (Å²) >= 11 is 0. The highest BCUT2D eigenvalue weighted by Crippen LogP contribution is 2.05. The van der Waals surface area contributed by atoms with Gasteiger partial charge in [0.15, 0.2) is 0 Å². The molecule has 0 unspecified atom stereocenters. The first-order chi connectivity index (χ1) is 7.35. The van der Waals surface area contributed by atoms with Crippen LogP contribution in [0.1, 0.15) is 34.1 Å². The fourth-order valence-electron chi connectivity index (χ4n) is 0.909. The minimum absolute atomic E-state index is 0.0172. The fourth-order valence-corrected chi connectivity index (χ4v) is 0.909. The second-order valence-corrected chi connectivity index (χ2v) is 4.42. The SMILES string of the molecule is CCCOCC(=O)NCC(=O)OC(C)(C)C. The third kappa shape index (κ3) is 9.45. The van der Waals surface area contributed by atoms with Crippen molar-refractivity contribution < 1.29 is 19.1 Å². The van der Waals surface area contributed by atoms with Gasteiger partial charge >= 0.3 is 5.97 Å². The molecule has 5 heteroatoms. The lowest BCUT2D eigenvalue weighted by Gasteiger charge is -2.19. The Bertz CT molecular complexity index is 233. The van der Waals surface area contributed by atoms with Crippen molar-refractivity contribution in [1.29, 1.82) is 0 Å². The van der Waals surface area contributed by atoms with Crippen molar-refractivity contribution in [1.82, 2.24) is 5.32 Å². The van der Waals surface area contributed by atoms with E-state index in [0.29, 0.717) is 6.61 Å². The van der Waals surface area contributed by atoms with Gasteiger partial charge in [-0.2, -0.15) is 0 Å². The van der Waals surface area contributed by atoms with E-state index in [1.165, 1.54) is 0 Å². The third-order valence-electron chi connectivity index (χ3n) is 1.43. The molecule has 1 amide bonds. The highest BCUT2D eigenvalue weighted by Gasteiger charge is 2.16. The minimum atomic E-state index is -0.527. The van der Waals surface area contributed by atoms with Gasteiger partial charge in [0.25, 0.3) is 0 Å².